The van der Waals surface area contributed by atoms with Crippen LogP contribution in [-0.4, -0.2) is 12.5 Å². The first kappa shape index (κ1) is 31.2. The number of rotatable bonds is 7. The van der Waals surface area contributed by atoms with Crippen molar-refractivity contribution in [2.45, 2.75) is 31.6 Å². The van der Waals surface area contributed by atoms with Crippen LogP contribution in [0.3, 0.4) is 0 Å². The molecule has 0 saturated heterocycles. The molecule has 0 aromatic heterocycles. The van der Waals surface area contributed by atoms with Crippen molar-refractivity contribution in [2.24, 2.45) is 0 Å². The van der Waals surface area contributed by atoms with Crippen LogP contribution in [0.2, 0.25) is 0 Å². The maximum Gasteiger partial charge on any atom is 0.162 e. The number of fused-ring (bicyclic) bond motifs is 6. The second-order valence-electron chi connectivity index (χ2n) is 13.3. The fraction of sp³-hybridized carbons (Fsp3) is 0.125. The Labute approximate surface area is 293 Å². The molecule has 8 aromatic carbocycles. The van der Waals surface area contributed by atoms with E-state index in [4.69, 9.17) is 0 Å². The molecule has 0 aliphatic carbocycles. The topological polar surface area (TPSA) is 0 Å². The van der Waals surface area contributed by atoms with Gasteiger partial charge < -0.3 is 0 Å². The first-order valence-electron chi connectivity index (χ1n) is 17.4. The standard InChI is InChI=1S/C48H41S/c1-5-32-15-19-34(20-16-32)38-27-39(35-21-17-33(6-2)18-22-35)29-40(28-38)41-25-23-37(31-48(41)49(3)4)36-24-26-46-44-13-8-7-11-42(44)43-12-9-10-14-45(43)47(46)30-36/h7-31H,5-6H2,1-4H3/q+1. The van der Waals surface area contributed by atoms with Crippen LogP contribution in [0.25, 0.3) is 76.8 Å². The van der Waals surface area contributed by atoms with Crippen LogP contribution in [0, 0.1) is 0 Å². The van der Waals surface area contributed by atoms with Crippen LogP contribution in [0.5, 0.6) is 0 Å². The molecular weight excluding hydrogens is 609 g/mol. The zero-order chi connectivity index (χ0) is 33.5. The van der Waals surface area contributed by atoms with Gasteiger partial charge in [0.05, 0.1) is 0 Å². The van der Waals surface area contributed by atoms with Gasteiger partial charge in [-0.1, -0.05) is 129 Å². The molecule has 0 saturated carbocycles. The van der Waals surface area contributed by atoms with Gasteiger partial charge >= 0.3 is 0 Å². The molecule has 0 N–H and O–H groups in total. The predicted molar refractivity (Wildman–Crippen MR) is 217 cm³/mol. The molecule has 238 valence electrons. The quantitative estimate of drug-likeness (QED) is 0.119. The first-order valence-corrected chi connectivity index (χ1v) is 19.4. The summed E-state index contributed by atoms with van der Waals surface area (Å²) in [6.45, 7) is 4.43. The Kier molecular flexibility index (Phi) is 8.31. The largest absolute Gasteiger partial charge is 0.162 e. The summed E-state index contributed by atoms with van der Waals surface area (Å²) in [6.07, 6.45) is 6.79. The highest BCUT2D eigenvalue weighted by atomic mass is 32.2. The number of aryl methyl sites for hydroxylation is 2. The van der Waals surface area contributed by atoms with Crippen LogP contribution in [-0.2, 0) is 23.7 Å². The minimum atomic E-state index is 0.0461. The zero-order valence-corrected chi connectivity index (χ0v) is 29.6. The third-order valence-electron chi connectivity index (χ3n) is 10.1. The molecule has 8 aromatic rings. The van der Waals surface area contributed by atoms with Gasteiger partial charge in [0.25, 0.3) is 0 Å². The second kappa shape index (κ2) is 13.1. The molecule has 0 spiro atoms. The molecule has 0 amide bonds. The van der Waals surface area contributed by atoms with E-state index >= 15 is 0 Å². The SMILES string of the molecule is CCc1ccc(-c2cc(-c3ccc(CC)cc3)cc(-c3ccc(-c4ccc5c6ccccc6c6ccccc6c5c4)cc3[S+](C)C)c2)cc1. The summed E-state index contributed by atoms with van der Waals surface area (Å²) in [5, 5.41) is 7.87. The van der Waals surface area contributed by atoms with Gasteiger partial charge in [-0.2, -0.15) is 0 Å². The highest BCUT2D eigenvalue weighted by molar-refractivity contribution is 7.95. The van der Waals surface area contributed by atoms with Crippen molar-refractivity contribution in [3.8, 4) is 44.5 Å². The van der Waals surface area contributed by atoms with Crippen molar-refractivity contribution < 1.29 is 0 Å². The molecule has 0 atom stereocenters. The lowest BCUT2D eigenvalue weighted by atomic mass is 9.90. The van der Waals surface area contributed by atoms with Gasteiger partial charge in [-0.05, 0) is 126 Å². The fourth-order valence-electron chi connectivity index (χ4n) is 7.35. The lowest BCUT2D eigenvalue weighted by molar-refractivity contribution is 1.14. The molecule has 0 heterocycles. The van der Waals surface area contributed by atoms with E-state index in [2.05, 4.69) is 178 Å². The summed E-state index contributed by atoms with van der Waals surface area (Å²) >= 11 is 0. The number of hydrogen-bond donors (Lipinski definition) is 0. The highest BCUT2D eigenvalue weighted by Crippen LogP contribution is 2.40. The smallest absolute Gasteiger partial charge is 0.0616 e. The number of benzene rings is 8. The second-order valence-corrected chi connectivity index (χ2v) is 15.4. The Balaban J connectivity index is 1.28. The highest BCUT2D eigenvalue weighted by Gasteiger charge is 2.20. The van der Waals surface area contributed by atoms with Gasteiger partial charge in [0.2, 0.25) is 0 Å². The van der Waals surface area contributed by atoms with Crippen LogP contribution in [0.4, 0.5) is 0 Å². The van der Waals surface area contributed by atoms with Crippen molar-refractivity contribution in [1.29, 1.82) is 0 Å². The summed E-state index contributed by atoms with van der Waals surface area (Å²) in [5.41, 5.74) is 12.9. The summed E-state index contributed by atoms with van der Waals surface area (Å²) in [4.78, 5) is 1.40. The van der Waals surface area contributed by atoms with Crippen molar-refractivity contribution >= 4 is 43.2 Å². The maximum atomic E-state index is 2.45. The van der Waals surface area contributed by atoms with E-state index in [1.165, 1.54) is 92.8 Å². The monoisotopic (exact) mass is 649 g/mol. The van der Waals surface area contributed by atoms with Gasteiger partial charge in [-0.25, -0.2) is 0 Å². The molecule has 0 bridgehead atoms. The Hall–Kier alpha value is -5.11. The lowest BCUT2D eigenvalue weighted by Crippen LogP contribution is -2.00. The van der Waals surface area contributed by atoms with Crippen molar-refractivity contribution in [3.05, 3.63) is 163 Å². The van der Waals surface area contributed by atoms with E-state index in [1.807, 2.05) is 0 Å². The molecule has 1 heteroatoms. The Morgan fingerprint density at radius 2 is 0.755 bits per heavy atom. The summed E-state index contributed by atoms with van der Waals surface area (Å²) in [7, 11) is 0.0461. The average molecular weight is 650 g/mol. The van der Waals surface area contributed by atoms with Gasteiger partial charge in [0.1, 0.15) is 12.5 Å². The van der Waals surface area contributed by atoms with E-state index in [0.29, 0.717) is 0 Å². The van der Waals surface area contributed by atoms with Crippen molar-refractivity contribution in [1.82, 2.24) is 0 Å². The van der Waals surface area contributed by atoms with Gasteiger partial charge in [0, 0.05) is 22.5 Å². The third-order valence-corrected chi connectivity index (χ3v) is 11.4. The molecule has 0 unspecified atom stereocenters. The fourth-order valence-corrected chi connectivity index (χ4v) is 8.34. The first-order chi connectivity index (χ1) is 24.0. The number of hydrogen-bond acceptors (Lipinski definition) is 0. The molecule has 49 heavy (non-hydrogen) atoms. The Morgan fingerprint density at radius 3 is 1.24 bits per heavy atom. The molecule has 0 aliphatic heterocycles. The van der Waals surface area contributed by atoms with Crippen LogP contribution < -0.4 is 0 Å². The van der Waals surface area contributed by atoms with E-state index in [-0.39, 0.29) is 10.9 Å². The van der Waals surface area contributed by atoms with E-state index in [1.54, 1.807) is 0 Å². The van der Waals surface area contributed by atoms with E-state index in [9.17, 15) is 0 Å². The molecule has 0 nitrogen and oxygen atoms in total. The average Bonchev–Trinajstić information content (AvgIpc) is 3.17. The minimum absolute atomic E-state index is 0.0461. The van der Waals surface area contributed by atoms with Crippen LogP contribution in [0.15, 0.2) is 157 Å². The predicted octanol–water partition coefficient (Wildman–Crippen LogP) is 13.2. The van der Waals surface area contributed by atoms with E-state index < -0.39 is 0 Å². The van der Waals surface area contributed by atoms with Gasteiger partial charge in [0.15, 0.2) is 4.90 Å². The molecular formula is C48H41S+. The van der Waals surface area contributed by atoms with Gasteiger partial charge in [-0.15, -0.1) is 0 Å². The lowest BCUT2D eigenvalue weighted by Gasteiger charge is -2.15. The minimum Gasteiger partial charge on any atom is -0.0616 e. The van der Waals surface area contributed by atoms with Crippen LogP contribution in [0.1, 0.15) is 25.0 Å². The van der Waals surface area contributed by atoms with Crippen LogP contribution >= 0.6 is 0 Å². The molecule has 0 fully saturated rings. The van der Waals surface area contributed by atoms with E-state index in [0.717, 1.165) is 12.8 Å². The molecule has 0 radical (unpaired) electrons. The normalized spacial score (nSPS) is 11.6. The maximum absolute atomic E-state index is 2.45. The Morgan fingerprint density at radius 1 is 0.347 bits per heavy atom. The molecule has 0 aliphatic rings. The summed E-state index contributed by atoms with van der Waals surface area (Å²) < 4.78 is 0. The van der Waals surface area contributed by atoms with Gasteiger partial charge in [-0.3, -0.25) is 0 Å². The Bertz CT molecular complexity index is 2360. The van der Waals surface area contributed by atoms with Crippen molar-refractivity contribution in [3.63, 3.8) is 0 Å². The summed E-state index contributed by atoms with van der Waals surface area (Å²) in [5.74, 6) is 0. The molecule has 8 rings (SSSR count). The third kappa shape index (κ3) is 5.83. The summed E-state index contributed by atoms with van der Waals surface area (Å²) in [6, 6.07) is 57.2. The zero-order valence-electron chi connectivity index (χ0n) is 28.8. The van der Waals surface area contributed by atoms with Crippen molar-refractivity contribution in [2.75, 3.05) is 12.5 Å².